The van der Waals surface area contributed by atoms with Crippen molar-refractivity contribution in [3.05, 3.63) is 30.1 Å². The van der Waals surface area contributed by atoms with E-state index in [9.17, 15) is 0 Å². The molecular formula is C15H21N3O4. The third kappa shape index (κ3) is 5.17. The number of hydrogen-bond acceptors (Lipinski definition) is 5. The van der Waals surface area contributed by atoms with Crippen LogP contribution in [0.5, 0.6) is 5.75 Å². The second-order valence-electron chi connectivity index (χ2n) is 4.70. The van der Waals surface area contributed by atoms with E-state index in [1.807, 2.05) is 45.2 Å². The first kappa shape index (κ1) is 17.6. The quantitative estimate of drug-likeness (QED) is 0.851. The zero-order chi connectivity index (χ0) is 16.5. The predicted molar refractivity (Wildman–Crippen MR) is 81.6 cm³/mol. The van der Waals surface area contributed by atoms with Crippen molar-refractivity contribution < 1.29 is 19.4 Å². The highest BCUT2D eigenvalue weighted by atomic mass is 16.5. The molecule has 2 aromatic rings. The van der Waals surface area contributed by atoms with Crippen molar-refractivity contribution in [2.75, 3.05) is 7.11 Å². The van der Waals surface area contributed by atoms with Gasteiger partial charge in [-0.25, -0.2) is 4.98 Å². The maximum absolute atomic E-state index is 8.36. The number of carboxylic acid groups (broad SMARTS) is 1. The third-order valence-electron chi connectivity index (χ3n) is 2.61. The average Bonchev–Trinajstić information content (AvgIpc) is 2.82. The molecule has 1 aromatic carbocycles. The second-order valence-corrected chi connectivity index (χ2v) is 4.70. The molecule has 1 heterocycles. The molecule has 0 aliphatic carbocycles. The number of nitrogens with zero attached hydrogens (tertiary/aromatic N) is 3. The van der Waals surface area contributed by atoms with Crippen LogP contribution in [0.15, 0.2) is 24.3 Å². The zero-order valence-corrected chi connectivity index (χ0v) is 13.2. The average molecular weight is 307 g/mol. The maximum Gasteiger partial charge on any atom is 0.290 e. The molecule has 0 unspecified atom stereocenters. The summed E-state index contributed by atoms with van der Waals surface area (Å²) in [4.78, 5) is 12.8. The molecule has 0 radical (unpaired) electrons. The van der Waals surface area contributed by atoms with Gasteiger partial charge in [-0.2, -0.15) is 5.10 Å². The summed E-state index contributed by atoms with van der Waals surface area (Å²) in [5.74, 6) is 2.36. The molecule has 0 fully saturated rings. The molecule has 22 heavy (non-hydrogen) atoms. The Hall–Kier alpha value is -2.41. The first-order valence-corrected chi connectivity index (χ1v) is 6.75. The summed E-state index contributed by atoms with van der Waals surface area (Å²) in [6.45, 7) is 4.22. The van der Waals surface area contributed by atoms with Crippen LogP contribution in [0.25, 0.3) is 11.4 Å². The molecule has 7 heteroatoms. The molecule has 120 valence electrons. The van der Waals surface area contributed by atoms with Crippen molar-refractivity contribution in [1.82, 2.24) is 14.8 Å². The van der Waals surface area contributed by atoms with Gasteiger partial charge in [0.15, 0.2) is 11.6 Å². The van der Waals surface area contributed by atoms with Gasteiger partial charge in [-0.15, -0.1) is 0 Å². The van der Waals surface area contributed by atoms with Crippen molar-refractivity contribution in [1.29, 1.82) is 0 Å². The first-order valence-electron chi connectivity index (χ1n) is 6.75. The Balaban J connectivity index is 0.000000745. The van der Waals surface area contributed by atoms with Crippen LogP contribution in [-0.4, -0.2) is 39.6 Å². The van der Waals surface area contributed by atoms with E-state index in [-0.39, 0.29) is 12.6 Å². The van der Waals surface area contributed by atoms with E-state index in [0.29, 0.717) is 12.4 Å². The van der Waals surface area contributed by atoms with Crippen LogP contribution in [0.4, 0.5) is 0 Å². The summed E-state index contributed by atoms with van der Waals surface area (Å²) in [6.07, 6.45) is 0.173. The molecule has 2 rings (SSSR count). The predicted octanol–water partition coefficient (Wildman–Crippen LogP) is 2.12. The number of aromatic nitrogens is 3. The highest BCUT2D eigenvalue weighted by Gasteiger charge is 2.09. The normalized spacial score (nSPS) is 10.0. The molecule has 0 bridgehead atoms. The Morgan fingerprint density at radius 1 is 1.32 bits per heavy atom. The van der Waals surface area contributed by atoms with Crippen molar-refractivity contribution in [2.24, 2.45) is 7.05 Å². The van der Waals surface area contributed by atoms with Crippen molar-refractivity contribution in [2.45, 2.75) is 26.6 Å². The lowest BCUT2D eigenvalue weighted by molar-refractivity contribution is -0.122. The summed E-state index contributed by atoms with van der Waals surface area (Å²) in [7, 11) is 3.51. The number of methoxy groups -OCH3 is 1. The molecule has 0 saturated carbocycles. The van der Waals surface area contributed by atoms with E-state index in [0.717, 1.165) is 17.1 Å². The molecule has 0 saturated heterocycles. The van der Waals surface area contributed by atoms with Gasteiger partial charge in [-0.1, -0.05) is 0 Å². The highest BCUT2D eigenvalue weighted by molar-refractivity contribution is 5.55. The van der Waals surface area contributed by atoms with Gasteiger partial charge in [0.05, 0.1) is 6.10 Å². The fourth-order valence-electron chi connectivity index (χ4n) is 1.75. The Kier molecular flexibility index (Phi) is 7.04. The summed E-state index contributed by atoms with van der Waals surface area (Å²) in [5.41, 5.74) is 0.967. The smallest absolute Gasteiger partial charge is 0.290 e. The number of rotatable bonds is 5. The number of carbonyl (C=O) groups is 1. The van der Waals surface area contributed by atoms with Gasteiger partial charge < -0.3 is 14.6 Å². The molecule has 0 amide bonds. The standard InChI is InChI=1S/C14H19N3O2.CH2O2/c1-10(2)19-12-7-5-11(6-8-12)14-15-13(9-18-4)17(3)16-14;2-1-3/h5-8,10H,9H2,1-4H3;1H,(H,2,3). The van der Waals surface area contributed by atoms with Crippen LogP contribution in [0.2, 0.25) is 0 Å². The summed E-state index contributed by atoms with van der Waals surface area (Å²) in [5, 5.41) is 11.3. The number of benzene rings is 1. The Bertz CT molecular complexity index is 579. The van der Waals surface area contributed by atoms with Crippen molar-refractivity contribution in [3.63, 3.8) is 0 Å². The van der Waals surface area contributed by atoms with Crippen LogP contribution in [0, 0.1) is 0 Å². The van der Waals surface area contributed by atoms with E-state index < -0.39 is 0 Å². The summed E-state index contributed by atoms with van der Waals surface area (Å²) in [6, 6.07) is 7.79. The molecule has 0 aliphatic rings. The van der Waals surface area contributed by atoms with Gasteiger partial charge in [0.25, 0.3) is 6.47 Å². The van der Waals surface area contributed by atoms with Gasteiger partial charge in [0.1, 0.15) is 12.4 Å². The molecule has 0 atom stereocenters. The second kappa shape index (κ2) is 8.78. The van der Waals surface area contributed by atoms with Crippen LogP contribution < -0.4 is 4.74 Å². The maximum atomic E-state index is 8.36. The SMILES string of the molecule is COCc1nc(-c2ccc(OC(C)C)cc2)nn1C.O=CO. The third-order valence-corrected chi connectivity index (χ3v) is 2.61. The summed E-state index contributed by atoms with van der Waals surface area (Å²) >= 11 is 0. The van der Waals surface area contributed by atoms with E-state index in [4.69, 9.17) is 19.4 Å². The molecular weight excluding hydrogens is 286 g/mol. The first-order chi connectivity index (χ1) is 10.5. The van der Waals surface area contributed by atoms with E-state index in [1.54, 1.807) is 11.8 Å². The van der Waals surface area contributed by atoms with Gasteiger partial charge in [0.2, 0.25) is 0 Å². The van der Waals surface area contributed by atoms with Crippen LogP contribution in [-0.2, 0) is 23.2 Å². The number of hydrogen-bond donors (Lipinski definition) is 1. The largest absolute Gasteiger partial charge is 0.491 e. The van der Waals surface area contributed by atoms with Gasteiger partial charge in [0, 0.05) is 19.7 Å². The van der Waals surface area contributed by atoms with E-state index >= 15 is 0 Å². The fourth-order valence-corrected chi connectivity index (χ4v) is 1.75. The molecule has 7 nitrogen and oxygen atoms in total. The summed E-state index contributed by atoms with van der Waals surface area (Å²) < 4.78 is 12.4. The Labute approximate surface area is 129 Å². The zero-order valence-electron chi connectivity index (χ0n) is 13.2. The lowest BCUT2D eigenvalue weighted by Gasteiger charge is -2.09. The molecule has 0 aliphatic heterocycles. The monoisotopic (exact) mass is 307 g/mol. The fraction of sp³-hybridized carbons (Fsp3) is 0.400. The number of aryl methyl sites for hydroxylation is 1. The topological polar surface area (TPSA) is 86.5 Å². The van der Waals surface area contributed by atoms with Gasteiger partial charge in [-0.3, -0.25) is 9.48 Å². The number of ether oxygens (including phenoxy) is 2. The minimum absolute atomic E-state index is 0.173. The molecule has 0 spiro atoms. The minimum atomic E-state index is -0.250. The van der Waals surface area contributed by atoms with Crippen LogP contribution in [0.1, 0.15) is 19.7 Å². The van der Waals surface area contributed by atoms with Crippen molar-refractivity contribution >= 4 is 6.47 Å². The van der Waals surface area contributed by atoms with Crippen molar-refractivity contribution in [3.8, 4) is 17.1 Å². The van der Waals surface area contributed by atoms with Gasteiger partial charge >= 0.3 is 0 Å². The Morgan fingerprint density at radius 3 is 2.41 bits per heavy atom. The molecule has 1 aromatic heterocycles. The molecule has 1 N–H and O–H groups in total. The van der Waals surface area contributed by atoms with Gasteiger partial charge in [-0.05, 0) is 38.1 Å². The van der Waals surface area contributed by atoms with E-state index in [1.165, 1.54) is 0 Å². The lowest BCUT2D eigenvalue weighted by atomic mass is 10.2. The van der Waals surface area contributed by atoms with Crippen LogP contribution in [0.3, 0.4) is 0 Å². The van der Waals surface area contributed by atoms with E-state index in [2.05, 4.69) is 10.1 Å². The van der Waals surface area contributed by atoms with Crippen LogP contribution >= 0.6 is 0 Å². The minimum Gasteiger partial charge on any atom is -0.491 e. The highest BCUT2D eigenvalue weighted by Crippen LogP contribution is 2.20. The Morgan fingerprint density at radius 2 is 1.91 bits per heavy atom. The lowest BCUT2D eigenvalue weighted by Crippen LogP contribution is -2.05.